The smallest absolute Gasteiger partial charge is 0.104 e. The molecule has 0 aliphatic carbocycles. The van der Waals surface area contributed by atoms with E-state index in [9.17, 15) is 0 Å². The molecule has 0 aromatic heterocycles. The van der Waals surface area contributed by atoms with Crippen molar-refractivity contribution >= 4 is 8.30 Å². The van der Waals surface area contributed by atoms with Crippen LogP contribution in [0, 0.1) is 17.2 Å². The minimum absolute atomic E-state index is 0.493. The van der Waals surface area contributed by atoms with Crippen molar-refractivity contribution in [2.75, 3.05) is 12.8 Å². The first-order valence-corrected chi connectivity index (χ1v) is 8.85. The number of hydrogen-bond donors (Lipinski definition) is 0. The molecule has 0 aromatic carbocycles. The Bertz CT molecular complexity index is 253. The van der Waals surface area contributed by atoms with Crippen molar-refractivity contribution in [3.8, 4) is 6.07 Å². The van der Waals surface area contributed by atoms with E-state index < -0.39 is 8.30 Å². The van der Waals surface area contributed by atoms with Crippen molar-refractivity contribution < 1.29 is 4.52 Å². The van der Waals surface area contributed by atoms with Crippen LogP contribution in [0.1, 0.15) is 60.8 Å². The molecule has 0 saturated heterocycles. The van der Waals surface area contributed by atoms with E-state index in [0.717, 1.165) is 12.1 Å². The number of rotatable bonds is 10. The van der Waals surface area contributed by atoms with Gasteiger partial charge in [-0.1, -0.05) is 20.3 Å². The summed E-state index contributed by atoms with van der Waals surface area (Å²) in [5.74, 6) is 0.752. The van der Waals surface area contributed by atoms with Gasteiger partial charge < -0.3 is 4.52 Å². The van der Waals surface area contributed by atoms with E-state index in [1.165, 1.54) is 12.8 Å². The average Bonchev–Trinajstić information content (AvgIpc) is 2.27. The summed E-state index contributed by atoms with van der Waals surface area (Å²) in [5.41, 5.74) is 0. The number of nitriles is 1. The summed E-state index contributed by atoms with van der Waals surface area (Å²) < 4.78 is 8.50. The van der Waals surface area contributed by atoms with Crippen LogP contribution < -0.4 is 0 Å². The molecule has 0 saturated carbocycles. The predicted octanol–water partition coefficient (Wildman–Crippen LogP) is 4.78. The fraction of sp³-hybridized carbons (Fsp3) is 0.933. The molecule has 0 aliphatic rings. The average molecular weight is 286 g/mol. The van der Waals surface area contributed by atoms with Crippen LogP contribution in [-0.4, -0.2) is 29.5 Å². The van der Waals surface area contributed by atoms with E-state index in [4.69, 9.17) is 9.79 Å². The molecule has 0 fully saturated rings. The third kappa shape index (κ3) is 8.58. The molecule has 1 atom stereocenters. The second-order valence-corrected chi connectivity index (χ2v) is 7.79. The molecule has 3 nitrogen and oxygen atoms in total. The summed E-state index contributed by atoms with van der Waals surface area (Å²) in [7, 11) is -0.563. The summed E-state index contributed by atoms with van der Waals surface area (Å²) in [4.78, 5) is 0. The largest absolute Gasteiger partial charge is 0.342 e. The van der Waals surface area contributed by atoms with Crippen LogP contribution in [0.25, 0.3) is 0 Å². The van der Waals surface area contributed by atoms with Crippen molar-refractivity contribution in [1.82, 2.24) is 4.67 Å². The Balaban J connectivity index is 4.48. The minimum Gasteiger partial charge on any atom is -0.342 e. The van der Waals surface area contributed by atoms with Gasteiger partial charge in [0.05, 0.1) is 19.1 Å². The monoisotopic (exact) mass is 286 g/mol. The zero-order valence-electron chi connectivity index (χ0n) is 13.5. The van der Waals surface area contributed by atoms with Crippen LogP contribution in [0.15, 0.2) is 0 Å². The topological polar surface area (TPSA) is 36.3 Å². The molecule has 0 bridgehead atoms. The maximum atomic E-state index is 8.65. The summed E-state index contributed by atoms with van der Waals surface area (Å²) in [6.07, 6.45) is 4.08. The van der Waals surface area contributed by atoms with Crippen LogP contribution in [0.3, 0.4) is 0 Å². The molecule has 4 heteroatoms. The van der Waals surface area contributed by atoms with Crippen LogP contribution in [0.5, 0.6) is 0 Å². The van der Waals surface area contributed by atoms with Crippen molar-refractivity contribution in [2.45, 2.75) is 72.9 Å². The lowest BCUT2D eigenvalue weighted by Crippen LogP contribution is -2.33. The first kappa shape index (κ1) is 18.8. The lowest BCUT2D eigenvalue weighted by Gasteiger charge is -2.37. The standard InChI is InChI=1S/C15H31N2OP/c1-13(2)9-7-12-19(18-11-8-10-16)17(14(3)4)15(5)6/h13-15H,7-9,11-12H2,1-6H3. The van der Waals surface area contributed by atoms with Gasteiger partial charge in [-0.2, -0.15) is 5.26 Å². The quantitative estimate of drug-likeness (QED) is 0.428. The van der Waals surface area contributed by atoms with Gasteiger partial charge in [-0.05, 0) is 40.0 Å². The van der Waals surface area contributed by atoms with Gasteiger partial charge in [0.2, 0.25) is 0 Å². The van der Waals surface area contributed by atoms with Gasteiger partial charge in [0, 0.05) is 18.2 Å². The molecule has 0 N–H and O–H groups in total. The van der Waals surface area contributed by atoms with E-state index in [-0.39, 0.29) is 0 Å². The first-order chi connectivity index (χ1) is 8.90. The molecule has 0 radical (unpaired) electrons. The molecular weight excluding hydrogens is 255 g/mol. The lowest BCUT2D eigenvalue weighted by atomic mass is 10.1. The highest BCUT2D eigenvalue weighted by molar-refractivity contribution is 7.50. The highest BCUT2D eigenvalue weighted by Gasteiger charge is 2.24. The van der Waals surface area contributed by atoms with Crippen LogP contribution in [0.4, 0.5) is 0 Å². The molecule has 0 aromatic rings. The van der Waals surface area contributed by atoms with Crippen LogP contribution in [-0.2, 0) is 4.52 Å². The summed E-state index contributed by atoms with van der Waals surface area (Å²) >= 11 is 0. The molecule has 0 rings (SSSR count). The normalized spacial score (nSPS) is 13.5. The van der Waals surface area contributed by atoms with E-state index >= 15 is 0 Å². The summed E-state index contributed by atoms with van der Waals surface area (Å²) in [6, 6.07) is 3.15. The van der Waals surface area contributed by atoms with Crippen LogP contribution >= 0.6 is 8.30 Å². The maximum absolute atomic E-state index is 8.65. The maximum Gasteiger partial charge on any atom is 0.104 e. The fourth-order valence-corrected chi connectivity index (χ4v) is 4.47. The Hall–Kier alpha value is -0.160. The van der Waals surface area contributed by atoms with Gasteiger partial charge in [0.15, 0.2) is 0 Å². The van der Waals surface area contributed by atoms with E-state index in [1.807, 2.05) is 0 Å². The fourth-order valence-electron chi connectivity index (χ4n) is 2.19. The second-order valence-electron chi connectivity index (χ2n) is 5.92. The molecule has 0 spiro atoms. The molecule has 112 valence electrons. The van der Waals surface area contributed by atoms with Crippen molar-refractivity contribution in [3.05, 3.63) is 0 Å². The van der Waals surface area contributed by atoms with Crippen molar-refractivity contribution in [2.24, 2.45) is 5.92 Å². The Kier molecular flexibility index (Phi) is 10.5. The molecule has 1 unspecified atom stereocenters. The Labute approximate surface area is 121 Å². The molecule has 0 heterocycles. The zero-order chi connectivity index (χ0) is 14.8. The second kappa shape index (κ2) is 10.6. The highest BCUT2D eigenvalue weighted by atomic mass is 31.2. The molecule has 0 amide bonds. The summed E-state index contributed by atoms with van der Waals surface area (Å²) in [6.45, 7) is 14.0. The lowest BCUT2D eigenvalue weighted by molar-refractivity contribution is 0.256. The van der Waals surface area contributed by atoms with Crippen molar-refractivity contribution in [1.29, 1.82) is 5.26 Å². The van der Waals surface area contributed by atoms with Gasteiger partial charge in [0.25, 0.3) is 0 Å². The van der Waals surface area contributed by atoms with Gasteiger partial charge in [0.1, 0.15) is 8.30 Å². The number of hydrogen-bond acceptors (Lipinski definition) is 3. The first-order valence-electron chi connectivity index (χ1n) is 7.45. The Morgan fingerprint density at radius 2 is 1.68 bits per heavy atom. The molecule has 0 aliphatic heterocycles. The van der Waals surface area contributed by atoms with Crippen molar-refractivity contribution in [3.63, 3.8) is 0 Å². The van der Waals surface area contributed by atoms with Gasteiger partial charge >= 0.3 is 0 Å². The third-order valence-corrected chi connectivity index (χ3v) is 5.52. The van der Waals surface area contributed by atoms with Crippen LogP contribution in [0.2, 0.25) is 0 Å². The summed E-state index contributed by atoms with van der Waals surface area (Å²) in [5, 5.41) is 8.65. The zero-order valence-corrected chi connectivity index (χ0v) is 14.4. The van der Waals surface area contributed by atoms with Gasteiger partial charge in [-0.25, -0.2) is 0 Å². The predicted molar refractivity (Wildman–Crippen MR) is 84.2 cm³/mol. The highest BCUT2D eigenvalue weighted by Crippen LogP contribution is 2.45. The van der Waals surface area contributed by atoms with E-state index in [0.29, 0.717) is 25.1 Å². The molecular formula is C15H31N2OP. The van der Waals surface area contributed by atoms with Gasteiger partial charge in [-0.15, -0.1) is 0 Å². The Morgan fingerprint density at radius 3 is 2.11 bits per heavy atom. The number of nitrogens with zero attached hydrogens (tertiary/aromatic N) is 2. The molecule has 19 heavy (non-hydrogen) atoms. The minimum atomic E-state index is -0.563. The van der Waals surface area contributed by atoms with E-state index in [2.05, 4.69) is 52.3 Å². The van der Waals surface area contributed by atoms with E-state index in [1.54, 1.807) is 0 Å². The Morgan fingerprint density at radius 1 is 1.11 bits per heavy atom. The van der Waals surface area contributed by atoms with Gasteiger partial charge in [-0.3, -0.25) is 4.67 Å². The third-order valence-electron chi connectivity index (χ3n) is 2.90. The SMILES string of the molecule is CC(C)CCCP(OCCC#N)N(C(C)C)C(C)C.